The summed E-state index contributed by atoms with van der Waals surface area (Å²) < 4.78 is 76.4. The molecule has 38 heavy (non-hydrogen) atoms. The topological polar surface area (TPSA) is 24.8 Å². The normalized spacial score (nSPS) is 19.6. The molecule has 1 rings (SSSR count). The highest BCUT2D eigenvalue weighted by Crippen LogP contribution is 2.41. The van der Waals surface area contributed by atoms with Crippen LogP contribution in [0.4, 0.5) is 22.0 Å². The highest BCUT2D eigenvalue weighted by molar-refractivity contribution is 6.16. The molecule has 0 aromatic carbocycles. The van der Waals surface area contributed by atoms with Gasteiger partial charge in [-0.05, 0) is 63.2 Å². The number of allylic oxidation sites excluding steroid dienone is 10. The Bertz CT molecular complexity index is 997. The summed E-state index contributed by atoms with van der Waals surface area (Å²) in [4.78, 5) is 6.38. The number of aliphatic imine (C=N–C) groups is 1. The minimum atomic E-state index is -4.85. The number of methoxy groups -OCH3 is 1. The Balaban J connectivity index is 3.99. The molecule has 1 aliphatic rings. The van der Waals surface area contributed by atoms with Gasteiger partial charge in [-0.15, -0.1) is 0 Å². The molecule has 0 saturated heterocycles. The van der Waals surface area contributed by atoms with Crippen LogP contribution in [-0.4, -0.2) is 36.5 Å². The zero-order valence-corrected chi connectivity index (χ0v) is 23.9. The highest BCUT2D eigenvalue weighted by atomic mass is 19.4. The van der Waals surface area contributed by atoms with Gasteiger partial charge in [-0.1, -0.05) is 53.2 Å². The molecule has 0 fully saturated rings. The number of rotatable bonds is 13. The summed E-state index contributed by atoms with van der Waals surface area (Å²) in [5.74, 6) is -0.319. The molecule has 0 aromatic heterocycles. The van der Waals surface area contributed by atoms with E-state index in [2.05, 4.69) is 37.6 Å². The van der Waals surface area contributed by atoms with Crippen LogP contribution in [0.5, 0.6) is 0 Å². The number of hydrogen-bond donors (Lipinski definition) is 0. The fourth-order valence-corrected chi connectivity index (χ4v) is 4.47. The maximum Gasteiger partial charge on any atom is 0.417 e. The minimum Gasteiger partial charge on any atom is -0.481 e. The van der Waals surface area contributed by atoms with E-state index in [0.717, 1.165) is 43.6 Å². The number of hydrogen-bond acceptors (Lipinski definition) is 3. The first-order valence-corrected chi connectivity index (χ1v) is 13.3. The van der Waals surface area contributed by atoms with E-state index in [1.807, 2.05) is 13.8 Å². The van der Waals surface area contributed by atoms with Crippen molar-refractivity contribution in [2.75, 3.05) is 13.7 Å². The zero-order valence-electron chi connectivity index (χ0n) is 23.9. The van der Waals surface area contributed by atoms with Crippen LogP contribution in [0.15, 0.2) is 75.8 Å². The number of ether oxygens (including phenoxy) is 1. The predicted octanol–water partition coefficient (Wildman–Crippen LogP) is 9.54. The number of nitrogens with zero attached hydrogens (tertiary/aromatic N) is 2. The van der Waals surface area contributed by atoms with Crippen LogP contribution in [0.1, 0.15) is 74.1 Å². The summed E-state index contributed by atoms with van der Waals surface area (Å²) in [5.41, 5.74) is -1.56. The molecule has 0 bridgehead atoms. The summed E-state index contributed by atoms with van der Waals surface area (Å²) in [6.45, 7) is 14.5. The molecule has 1 aliphatic carbocycles. The van der Waals surface area contributed by atoms with Crippen molar-refractivity contribution in [2.24, 2.45) is 16.8 Å². The molecule has 0 radical (unpaired) electrons. The van der Waals surface area contributed by atoms with Gasteiger partial charge < -0.3 is 9.64 Å². The first kappa shape index (κ1) is 33.4. The summed E-state index contributed by atoms with van der Waals surface area (Å²) in [7, 11) is 1.37. The lowest BCUT2D eigenvalue weighted by Gasteiger charge is -2.38. The lowest BCUT2D eigenvalue weighted by atomic mass is 9.88. The van der Waals surface area contributed by atoms with E-state index in [-0.39, 0.29) is 35.5 Å². The molecule has 214 valence electrons. The Hall–Kier alpha value is -2.64. The van der Waals surface area contributed by atoms with Crippen molar-refractivity contribution in [3.63, 3.8) is 0 Å². The molecule has 0 saturated carbocycles. The molecule has 2 unspecified atom stereocenters. The van der Waals surface area contributed by atoms with Crippen LogP contribution >= 0.6 is 0 Å². The third kappa shape index (κ3) is 8.98. The Kier molecular flexibility index (Phi) is 13.8. The minimum absolute atomic E-state index is 0.0431. The Morgan fingerprint density at radius 1 is 1.11 bits per heavy atom. The smallest absolute Gasteiger partial charge is 0.417 e. The van der Waals surface area contributed by atoms with Gasteiger partial charge in [0.1, 0.15) is 5.71 Å². The molecule has 0 spiro atoms. The van der Waals surface area contributed by atoms with E-state index in [1.54, 1.807) is 13.0 Å². The van der Waals surface area contributed by atoms with Gasteiger partial charge in [0.25, 0.3) is 0 Å². The Labute approximate surface area is 225 Å². The van der Waals surface area contributed by atoms with Crippen LogP contribution < -0.4 is 0 Å². The summed E-state index contributed by atoms with van der Waals surface area (Å²) in [6.07, 6.45) is 4.11. The average molecular weight is 543 g/mol. The van der Waals surface area contributed by atoms with Crippen molar-refractivity contribution in [1.82, 2.24) is 4.90 Å². The van der Waals surface area contributed by atoms with Gasteiger partial charge in [0.15, 0.2) is 5.83 Å². The van der Waals surface area contributed by atoms with Gasteiger partial charge in [-0.3, -0.25) is 0 Å². The summed E-state index contributed by atoms with van der Waals surface area (Å²) >= 11 is 0. The number of alkyl halides is 3. The summed E-state index contributed by atoms with van der Waals surface area (Å²) in [5, 5.41) is 0. The molecule has 8 heteroatoms. The van der Waals surface area contributed by atoms with Crippen molar-refractivity contribution in [1.29, 1.82) is 0 Å². The third-order valence-electron chi connectivity index (χ3n) is 6.82. The van der Waals surface area contributed by atoms with Crippen molar-refractivity contribution in [3.8, 4) is 0 Å². The van der Waals surface area contributed by atoms with Crippen LogP contribution in [0.2, 0.25) is 0 Å². The van der Waals surface area contributed by atoms with Gasteiger partial charge in [0, 0.05) is 29.4 Å². The van der Waals surface area contributed by atoms with E-state index in [1.165, 1.54) is 7.11 Å². The monoisotopic (exact) mass is 542 g/mol. The molecular formula is C30H43F5N2O. The van der Waals surface area contributed by atoms with Gasteiger partial charge in [0.05, 0.1) is 19.0 Å². The second-order valence-corrected chi connectivity index (χ2v) is 9.76. The molecule has 0 amide bonds. The molecule has 2 atom stereocenters. The average Bonchev–Trinajstić information content (AvgIpc) is 2.86. The largest absolute Gasteiger partial charge is 0.481 e. The van der Waals surface area contributed by atoms with Crippen molar-refractivity contribution in [3.05, 3.63) is 70.8 Å². The van der Waals surface area contributed by atoms with E-state index < -0.39 is 23.1 Å². The van der Waals surface area contributed by atoms with Gasteiger partial charge >= 0.3 is 6.18 Å². The summed E-state index contributed by atoms with van der Waals surface area (Å²) in [6, 6.07) is 0.0431. The Morgan fingerprint density at radius 3 is 2.24 bits per heavy atom. The first-order valence-electron chi connectivity index (χ1n) is 13.3. The standard InChI is InChI=1S/C30H43F5N2O/c1-9-14-27(38-8)36-29-24(19-25(30(33,34)35)23(28(29)32)15-12-13-18-31)22(7)37(11-3)26(20(4)5)17-16-21(6)10-2/h12-15,18-21,26H,9-11,16-17H2,1-8H3/b15-12+,18-13+,24-22+,27-14-,36-29+. The van der Waals surface area contributed by atoms with Crippen LogP contribution in [0, 0.1) is 11.8 Å². The fourth-order valence-electron chi connectivity index (χ4n) is 4.47. The first-order chi connectivity index (χ1) is 17.9. The molecule has 0 aromatic rings. The molecule has 0 heterocycles. The van der Waals surface area contributed by atoms with Crippen LogP contribution in [-0.2, 0) is 4.74 Å². The quantitative estimate of drug-likeness (QED) is 0.132. The van der Waals surface area contributed by atoms with Crippen molar-refractivity contribution >= 4 is 5.71 Å². The van der Waals surface area contributed by atoms with Gasteiger partial charge in [-0.25, -0.2) is 13.8 Å². The van der Waals surface area contributed by atoms with Gasteiger partial charge in [0.2, 0.25) is 5.88 Å². The highest BCUT2D eigenvalue weighted by Gasteiger charge is 2.41. The molecule has 0 aliphatic heterocycles. The lowest BCUT2D eigenvalue weighted by molar-refractivity contribution is -0.0892. The molecule has 3 nitrogen and oxygen atoms in total. The van der Waals surface area contributed by atoms with Crippen LogP contribution in [0.3, 0.4) is 0 Å². The third-order valence-corrected chi connectivity index (χ3v) is 6.82. The Morgan fingerprint density at radius 2 is 1.76 bits per heavy atom. The lowest BCUT2D eigenvalue weighted by Crippen LogP contribution is -2.39. The predicted molar refractivity (Wildman–Crippen MR) is 147 cm³/mol. The van der Waals surface area contributed by atoms with Crippen LogP contribution in [0.25, 0.3) is 0 Å². The van der Waals surface area contributed by atoms with E-state index >= 15 is 4.39 Å². The van der Waals surface area contributed by atoms with E-state index in [4.69, 9.17) is 4.74 Å². The van der Waals surface area contributed by atoms with E-state index in [9.17, 15) is 17.6 Å². The maximum atomic E-state index is 16.0. The zero-order chi connectivity index (χ0) is 29.0. The fraction of sp³-hybridized carbons (Fsp3) is 0.567. The maximum absolute atomic E-state index is 16.0. The van der Waals surface area contributed by atoms with Crippen molar-refractivity contribution in [2.45, 2.75) is 86.4 Å². The second-order valence-electron chi connectivity index (χ2n) is 9.76. The SMILES string of the molecule is CC/C=C(/N=C1C(F)=C(/C=C/C=C/F)C(C(F)(F)F)=CC/1=C(/C)N(CC)C(CCC(C)CC)C(C)C)OC. The second kappa shape index (κ2) is 15.7. The van der Waals surface area contributed by atoms with Crippen molar-refractivity contribution < 1.29 is 26.7 Å². The van der Waals surface area contributed by atoms with Gasteiger partial charge in [-0.2, -0.15) is 13.2 Å². The molecular weight excluding hydrogens is 499 g/mol. The van der Waals surface area contributed by atoms with E-state index in [0.29, 0.717) is 24.6 Å². The number of halogens is 5. The molecule has 0 N–H and O–H groups in total.